The molecule has 0 bridgehead atoms. The maximum absolute atomic E-state index is 13.2. The lowest BCUT2D eigenvalue weighted by atomic mass is 9.69. The average Bonchev–Trinajstić information content (AvgIpc) is 3.03. The standard InChI is InChI=1S/C32H47NO12/c1-42-30(41)23-16-43-31(45-32-28(38)27(37)26(36)24(15-35)44-32)22-12-19-5-3-2-4-18(19)6-7-20(25(22)23)10-17-11-21(29(39)40)14-33(13-17)8-9-34/h10,12,16-18,21-22,24-28,31-32,34-38H,2-9,11,13-15H2,1H3,(H,39,40)/t17?,18-,21?,22+,24-,25+,26-,27+,28-,31+,32-/m1/s1. The van der Waals surface area contributed by atoms with E-state index in [-0.39, 0.29) is 18.1 Å². The number of hydrogen-bond donors (Lipinski definition) is 6. The van der Waals surface area contributed by atoms with Crippen LogP contribution in [0.5, 0.6) is 0 Å². The Bertz CT molecular complexity index is 1150. The number of aliphatic hydroxyl groups is 5. The van der Waals surface area contributed by atoms with Crippen molar-refractivity contribution in [3.63, 3.8) is 0 Å². The Morgan fingerprint density at radius 2 is 1.87 bits per heavy atom. The van der Waals surface area contributed by atoms with Crippen LogP contribution in [-0.4, -0.2) is 114 Å². The van der Waals surface area contributed by atoms with Crippen LogP contribution in [0.25, 0.3) is 0 Å². The third kappa shape index (κ3) is 7.46. The minimum atomic E-state index is -1.64. The summed E-state index contributed by atoms with van der Waals surface area (Å²) in [7, 11) is 1.29. The summed E-state index contributed by atoms with van der Waals surface area (Å²) in [5.74, 6) is -3.37. The van der Waals surface area contributed by atoms with Crippen LogP contribution in [0.4, 0.5) is 0 Å². The van der Waals surface area contributed by atoms with Crippen LogP contribution in [0.1, 0.15) is 44.9 Å². The number of rotatable bonds is 8. The van der Waals surface area contributed by atoms with Gasteiger partial charge in [0, 0.05) is 17.8 Å². The van der Waals surface area contributed by atoms with Crippen LogP contribution in [-0.2, 0) is 28.5 Å². The SMILES string of the molecule is COC(=O)C1=CO[C@@H](O[C@H]2O[C@H](CO)[C@@H](O)[C@H](O)[C@H]2O)[C@H]2C=C3CCCC[C@@H]3CCC(=CC3CC(C(=O)[O-])C[NH+](CCO)C3)[C@H]12. The van der Waals surface area contributed by atoms with E-state index in [0.717, 1.165) is 42.6 Å². The molecule has 45 heavy (non-hydrogen) atoms. The zero-order chi connectivity index (χ0) is 32.2. The summed E-state index contributed by atoms with van der Waals surface area (Å²) in [6.07, 6.45) is 2.84. The molecule has 5 aliphatic rings. The van der Waals surface area contributed by atoms with Crippen LogP contribution in [0, 0.1) is 29.6 Å². The molecule has 2 aliphatic carbocycles. The molecule has 0 amide bonds. The molecule has 0 radical (unpaired) electrons. The van der Waals surface area contributed by atoms with Gasteiger partial charge in [0.1, 0.15) is 31.0 Å². The second kappa shape index (κ2) is 15.0. The predicted molar refractivity (Wildman–Crippen MR) is 153 cm³/mol. The first-order valence-electron chi connectivity index (χ1n) is 16.1. The molecule has 0 aromatic heterocycles. The third-order valence-corrected chi connectivity index (χ3v) is 10.2. The van der Waals surface area contributed by atoms with Gasteiger partial charge in [0.05, 0.1) is 57.1 Å². The number of carbonyl (C=O) groups excluding carboxylic acids is 2. The van der Waals surface area contributed by atoms with Crippen molar-refractivity contribution >= 4 is 11.9 Å². The smallest absolute Gasteiger partial charge is 0.337 e. The molecule has 0 aromatic carbocycles. The fraction of sp³-hybridized carbons (Fsp3) is 0.750. The van der Waals surface area contributed by atoms with Gasteiger partial charge in [-0.25, -0.2) is 4.79 Å². The van der Waals surface area contributed by atoms with Gasteiger partial charge < -0.3 is 59.3 Å². The minimum Gasteiger partial charge on any atom is -0.550 e. The predicted octanol–water partition coefficient (Wildman–Crippen LogP) is -2.45. The van der Waals surface area contributed by atoms with Crippen molar-refractivity contribution < 1.29 is 64.1 Å². The Hall–Kier alpha value is -2.36. The summed E-state index contributed by atoms with van der Waals surface area (Å²) in [6, 6.07) is 0. The normalized spacial score (nSPS) is 41.3. The van der Waals surface area contributed by atoms with E-state index in [1.54, 1.807) is 0 Å². The van der Waals surface area contributed by atoms with Gasteiger partial charge in [-0.2, -0.15) is 0 Å². The number of carbonyl (C=O) groups is 2. The lowest BCUT2D eigenvalue weighted by molar-refractivity contribution is -0.911. The van der Waals surface area contributed by atoms with Crippen LogP contribution >= 0.6 is 0 Å². The number of carboxylic acids is 1. The van der Waals surface area contributed by atoms with E-state index in [9.17, 15) is 40.2 Å². The molecule has 6 N–H and O–H groups in total. The lowest BCUT2D eigenvalue weighted by Gasteiger charge is -2.44. The average molecular weight is 638 g/mol. The number of hydrogen-bond acceptors (Lipinski definition) is 12. The van der Waals surface area contributed by atoms with Crippen molar-refractivity contribution in [2.75, 3.05) is 40.0 Å². The van der Waals surface area contributed by atoms with Gasteiger partial charge >= 0.3 is 5.97 Å². The molecule has 3 heterocycles. The van der Waals surface area contributed by atoms with Crippen LogP contribution < -0.4 is 10.0 Å². The molecule has 3 unspecified atom stereocenters. The second-order valence-corrected chi connectivity index (χ2v) is 13.1. The van der Waals surface area contributed by atoms with E-state index >= 15 is 0 Å². The van der Waals surface area contributed by atoms with Crippen LogP contribution in [0.3, 0.4) is 0 Å². The van der Waals surface area contributed by atoms with Crippen LogP contribution in [0.2, 0.25) is 0 Å². The summed E-state index contributed by atoms with van der Waals surface area (Å²) in [5, 5.41) is 62.6. The Labute approximate surface area is 262 Å². The van der Waals surface area contributed by atoms with Gasteiger partial charge in [0.2, 0.25) is 6.29 Å². The number of esters is 1. The number of aliphatic hydroxyl groups excluding tert-OH is 5. The monoisotopic (exact) mass is 637 g/mol. The van der Waals surface area contributed by atoms with Gasteiger partial charge in [-0.3, -0.25) is 0 Å². The van der Waals surface area contributed by atoms with Crippen molar-refractivity contribution in [2.45, 2.75) is 81.9 Å². The number of nitrogens with one attached hydrogen (secondary N) is 1. The highest BCUT2D eigenvalue weighted by atomic mass is 16.8. The first-order chi connectivity index (χ1) is 21.6. The number of piperidine rings is 1. The molecule has 2 saturated heterocycles. The van der Waals surface area contributed by atoms with Crippen molar-refractivity contribution in [1.82, 2.24) is 0 Å². The Balaban J connectivity index is 1.54. The van der Waals surface area contributed by atoms with Crippen molar-refractivity contribution in [3.8, 4) is 0 Å². The zero-order valence-corrected chi connectivity index (χ0v) is 25.7. The first-order valence-corrected chi connectivity index (χ1v) is 16.1. The number of allylic oxidation sites excluding steroid dienone is 2. The lowest BCUT2D eigenvalue weighted by Crippen LogP contribution is -3.15. The molecule has 0 spiro atoms. The summed E-state index contributed by atoms with van der Waals surface area (Å²) >= 11 is 0. The van der Waals surface area contributed by atoms with Crippen molar-refractivity contribution in [1.29, 1.82) is 0 Å². The summed E-state index contributed by atoms with van der Waals surface area (Å²) in [6.45, 7) is 0.728. The highest BCUT2D eigenvalue weighted by Crippen LogP contribution is 2.47. The third-order valence-electron chi connectivity index (χ3n) is 10.2. The van der Waals surface area contributed by atoms with Gasteiger partial charge in [-0.05, 0) is 44.4 Å². The largest absolute Gasteiger partial charge is 0.550 e. The zero-order valence-electron chi connectivity index (χ0n) is 25.7. The summed E-state index contributed by atoms with van der Waals surface area (Å²) in [5.41, 5.74) is 2.44. The maximum Gasteiger partial charge on any atom is 0.337 e. The molecule has 3 aliphatic heterocycles. The quantitative estimate of drug-likeness (QED) is 0.121. The van der Waals surface area contributed by atoms with Gasteiger partial charge in [0.15, 0.2) is 6.29 Å². The highest BCUT2D eigenvalue weighted by molar-refractivity contribution is 5.89. The summed E-state index contributed by atoms with van der Waals surface area (Å²) in [4.78, 5) is 26.1. The number of carboxylic acid groups (broad SMARTS) is 1. The molecule has 13 nitrogen and oxygen atoms in total. The fourth-order valence-electron chi connectivity index (χ4n) is 7.91. The van der Waals surface area contributed by atoms with E-state index in [0.29, 0.717) is 38.4 Å². The number of aliphatic carboxylic acids is 1. The molecule has 0 aromatic rings. The number of ether oxygens (including phenoxy) is 4. The van der Waals surface area contributed by atoms with Crippen molar-refractivity contribution in [3.05, 3.63) is 35.1 Å². The topological polar surface area (TPSA) is 200 Å². The van der Waals surface area contributed by atoms with E-state index in [4.69, 9.17) is 18.9 Å². The Morgan fingerprint density at radius 1 is 1.07 bits per heavy atom. The molecule has 13 heteroatoms. The number of fused-ring (bicyclic) bond motifs is 2. The van der Waals surface area contributed by atoms with Gasteiger partial charge in [0.25, 0.3) is 0 Å². The van der Waals surface area contributed by atoms with E-state index in [1.165, 1.54) is 18.9 Å². The molecule has 12 atom stereocenters. The van der Waals surface area contributed by atoms with E-state index < -0.39 is 73.3 Å². The van der Waals surface area contributed by atoms with Crippen LogP contribution in [0.15, 0.2) is 35.1 Å². The molecular weight excluding hydrogens is 590 g/mol. The van der Waals surface area contributed by atoms with Gasteiger partial charge in [-0.15, -0.1) is 0 Å². The van der Waals surface area contributed by atoms with Gasteiger partial charge in [-0.1, -0.05) is 29.7 Å². The molecule has 3 fully saturated rings. The first kappa shape index (κ1) is 34.0. The number of methoxy groups -OCH3 is 1. The molecular formula is C32H47NO12. The van der Waals surface area contributed by atoms with E-state index in [1.807, 2.05) is 0 Å². The molecule has 252 valence electrons. The number of quaternary nitrogens is 1. The second-order valence-electron chi connectivity index (χ2n) is 13.1. The Kier molecular flexibility index (Phi) is 11.4. The maximum atomic E-state index is 13.2. The highest BCUT2D eigenvalue weighted by Gasteiger charge is 2.49. The molecule has 1 saturated carbocycles. The fourth-order valence-corrected chi connectivity index (χ4v) is 7.91. The van der Waals surface area contributed by atoms with E-state index in [2.05, 4.69) is 12.2 Å². The Morgan fingerprint density at radius 3 is 2.58 bits per heavy atom. The number of likely N-dealkylation sites (tertiary alicyclic amines) is 1. The molecule has 5 rings (SSSR count). The minimum absolute atomic E-state index is 0.0676. The summed E-state index contributed by atoms with van der Waals surface area (Å²) < 4.78 is 23.0. The van der Waals surface area contributed by atoms with Crippen molar-refractivity contribution in [2.24, 2.45) is 29.6 Å².